The summed E-state index contributed by atoms with van der Waals surface area (Å²) < 4.78 is 5.33. The zero-order valence-corrected chi connectivity index (χ0v) is 11.0. The Balaban J connectivity index is 2.67. The second kappa shape index (κ2) is 6.33. The highest BCUT2D eigenvalue weighted by Gasteiger charge is 2.32. The molecule has 1 rings (SSSR count). The van der Waals surface area contributed by atoms with E-state index in [0.29, 0.717) is 6.42 Å². The minimum absolute atomic E-state index is 0.400. The van der Waals surface area contributed by atoms with Crippen molar-refractivity contribution in [1.29, 1.82) is 0 Å². The number of nitrogens with zero attached hydrogens (tertiary/aromatic N) is 1. The summed E-state index contributed by atoms with van der Waals surface area (Å²) >= 11 is 0. The molecule has 1 atom stereocenters. The van der Waals surface area contributed by atoms with Crippen LogP contribution < -0.4 is 5.32 Å². The van der Waals surface area contributed by atoms with Gasteiger partial charge in [0.2, 0.25) is 0 Å². The van der Waals surface area contributed by atoms with E-state index >= 15 is 0 Å². The first kappa shape index (κ1) is 14.4. The average molecular weight is 244 g/mol. The highest BCUT2D eigenvalue weighted by Crippen LogP contribution is 2.20. The van der Waals surface area contributed by atoms with Crippen LogP contribution in [0.3, 0.4) is 0 Å². The van der Waals surface area contributed by atoms with Gasteiger partial charge in [-0.1, -0.05) is 0 Å². The number of ether oxygens (including phenoxy) is 1. The predicted octanol–water partition coefficient (Wildman–Crippen LogP) is 0.550. The maximum absolute atomic E-state index is 11.4. The molecule has 1 heterocycles. The molecule has 1 saturated heterocycles. The van der Waals surface area contributed by atoms with Crippen molar-refractivity contribution in [3.8, 4) is 0 Å². The number of rotatable bonds is 5. The SMILES string of the molecule is COC(C)(C)CC(C(=O)O)N1CCCNCC1. The molecule has 100 valence electrons. The maximum Gasteiger partial charge on any atom is 0.321 e. The minimum Gasteiger partial charge on any atom is -0.480 e. The summed E-state index contributed by atoms with van der Waals surface area (Å²) in [7, 11) is 1.63. The molecular weight excluding hydrogens is 220 g/mol. The van der Waals surface area contributed by atoms with Gasteiger partial charge in [-0.3, -0.25) is 9.69 Å². The van der Waals surface area contributed by atoms with Gasteiger partial charge in [-0.2, -0.15) is 0 Å². The van der Waals surface area contributed by atoms with Gasteiger partial charge in [0.15, 0.2) is 0 Å². The molecule has 0 saturated carbocycles. The van der Waals surface area contributed by atoms with Crippen LogP contribution in [0.5, 0.6) is 0 Å². The second-order valence-electron chi connectivity index (χ2n) is 5.16. The van der Waals surface area contributed by atoms with Crippen LogP contribution in [0.2, 0.25) is 0 Å². The van der Waals surface area contributed by atoms with Gasteiger partial charge < -0.3 is 15.2 Å². The summed E-state index contributed by atoms with van der Waals surface area (Å²) in [6.07, 6.45) is 1.51. The lowest BCUT2D eigenvalue weighted by Gasteiger charge is -2.33. The lowest BCUT2D eigenvalue weighted by molar-refractivity contribution is -0.146. The van der Waals surface area contributed by atoms with E-state index in [4.69, 9.17) is 4.74 Å². The predicted molar refractivity (Wildman–Crippen MR) is 66.2 cm³/mol. The molecule has 1 unspecified atom stereocenters. The molecule has 1 aliphatic rings. The summed E-state index contributed by atoms with van der Waals surface area (Å²) in [5.74, 6) is -0.753. The Labute approximate surface area is 103 Å². The Morgan fingerprint density at radius 2 is 2.18 bits per heavy atom. The van der Waals surface area contributed by atoms with Gasteiger partial charge in [-0.15, -0.1) is 0 Å². The van der Waals surface area contributed by atoms with Crippen molar-refractivity contribution in [3.05, 3.63) is 0 Å². The number of hydrogen-bond donors (Lipinski definition) is 2. The van der Waals surface area contributed by atoms with E-state index in [9.17, 15) is 9.90 Å². The molecule has 2 N–H and O–H groups in total. The number of nitrogens with one attached hydrogen (secondary N) is 1. The Morgan fingerprint density at radius 1 is 1.47 bits per heavy atom. The molecule has 1 fully saturated rings. The monoisotopic (exact) mass is 244 g/mol. The largest absolute Gasteiger partial charge is 0.480 e. The Morgan fingerprint density at radius 3 is 2.76 bits per heavy atom. The third-order valence-electron chi connectivity index (χ3n) is 3.34. The van der Waals surface area contributed by atoms with Crippen molar-refractivity contribution in [2.45, 2.75) is 38.3 Å². The summed E-state index contributed by atoms with van der Waals surface area (Å²) in [6, 6.07) is -0.454. The summed E-state index contributed by atoms with van der Waals surface area (Å²) in [5.41, 5.74) is -0.400. The van der Waals surface area contributed by atoms with Gasteiger partial charge in [0, 0.05) is 33.2 Å². The van der Waals surface area contributed by atoms with Crippen molar-refractivity contribution in [1.82, 2.24) is 10.2 Å². The molecule has 0 radical (unpaired) electrons. The van der Waals surface area contributed by atoms with Crippen LogP contribution in [0.15, 0.2) is 0 Å². The van der Waals surface area contributed by atoms with E-state index in [1.54, 1.807) is 7.11 Å². The fraction of sp³-hybridized carbons (Fsp3) is 0.917. The zero-order valence-electron chi connectivity index (χ0n) is 11.0. The van der Waals surface area contributed by atoms with Gasteiger partial charge in [0.1, 0.15) is 6.04 Å². The Kier molecular flexibility index (Phi) is 5.36. The molecule has 0 aliphatic carbocycles. The molecule has 5 nitrogen and oxygen atoms in total. The van der Waals surface area contributed by atoms with Gasteiger partial charge >= 0.3 is 5.97 Å². The van der Waals surface area contributed by atoms with E-state index < -0.39 is 17.6 Å². The quantitative estimate of drug-likeness (QED) is 0.739. The van der Waals surface area contributed by atoms with Crippen molar-refractivity contribution in [2.75, 3.05) is 33.3 Å². The smallest absolute Gasteiger partial charge is 0.321 e. The Bertz CT molecular complexity index is 248. The molecule has 0 aromatic rings. The lowest BCUT2D eigenvalue weighted by atomic mass is 9.97. The van der Waals surface area contributed by atoms with Gasteiger partial charge in [-0.25, -0.2) is 0 Å². The third kappa shape index (κ3) is 4.61. The van der Waals surface area contributed by atoms with E-state index in [1.807, 2.05) is 18.7 Å². The normalized spacial score (nSPS) is 20.9. The van der Waals surface area contributed by atoms with Crippen LogP contribution in [0.1, 0.15) is 26.7 Å². The molecule has 0 amide bonds. The first-order valence-electron chi connectivity index (χ1n) is 6.19. The standard InChI is InChI=1S/C12H24N2O3/c1-12(2,17-3)9-10(11(15)16)14-7-4-5-13-6-8-14/h10,13H,4-9H2,1-3H3,(H,15,16). The van der Waals surface area contributed by atoms with Crippen LogP contribution in [-0.4, -0.2) is 60.9 Å². The topological polar surface area (TPSA) is 61.8 Å². The minimum atomic E-state index is -0.753. The van der Waals surface area contributed by atoms with Crippen molar-refractivity contribution in [2.24, 2.45) is 0 Å². The molecule has 5 heteroatoms. The van der Waals surface area contributed by atoms with Crippen molar-refractivity contribution >= 4 is 5.97 Å². The van der Waals surface area contributed by atoms with Crippen LogP contribution in [0.4, 0.5) is 0 Å². The first-order valence-corrected chi connectivity index (χ1v) is 6.19. The number of aliphatic carboxylic acids is 1. The van der Waals surface area contributed by atoms with Crippen molar-refractivity contribution < 1.29 is 14.6 Å². The average Bonchev–Trinajstić information content (AvgIpc) is 2.54. The lowest BCUT2D eigenvalue weighted by Crippen LogP contribution is -2.47. The summed E-state index contributed by atoms with van der Waals surface area (Å²) in [6.45, 7) is 7.31. The first-order chi connectivity index (χ1) is 7.96. The molecule has 0 aromatic heterocycles. The van der Waals surface area contributed by atoms with Gasteiger partial charge in [0.25, 0.3) is 0 Å². The number of carboxylic acid groups (broad SMARTS) is 1. The van der Waals surface area contributed by atoms with Gasteiger partial charge in [0.05, 0.1) is 5.60 Å². The second-order valence-corrected chi connectivity index (χ2v) is 5.16. The van der Waals surface area contributed by atoms with E-state index in [2.05, 4.69) is 5.32 Å². The van der Waals surface area contributed by atoms with Crippen LogP contribution in [0, 0.1) is 0 Å². The third-order valence-corrected chi connectivity index (χ3v) is 3.34. The fourth-order valence-electron chi connectivity index (χ4n) is 2.10. The van der Waals surface area contributed by atoms with Crippen LogP contribution >= 0.6 is 0 Å². The van der Waals surface area contributed by atoms with Crippen molar-refractivity contribution in [3.63, 3.8) is 0 Å². The number of carbonyl (C=O) groups is 1. The molecule has 0 aromatic carbocycles. The number of methoxy groups -OCH3 is 1. The molecule has 0 spiro atoms. The summed E-state index contributed by atoms with van der Waals surface area (Å²) in [4.78, 5) is 13.4. The summed E-state index contributed by atoms with van der Waals surface area (Å²) in [5, 5.41) is 12.6. The van der Waals surface area contributed by atoms with E-state index in [1.165, 1.54) is 0 Å². The molecular formula is C12H24N2O3. The number of hydrogen-bond acceptors (Lipinski definition) is 4. The number of carboxylic acids is 1. The molecule has 1 aliphatic heterocycles. The van der Waals surface area contributed by atoms with E-state index in [-0.39, 0.29) is 0 Å². The molecule has 0 bridgehead atoms. The van der Waals surface area contributed by atoms with Crippen LogP contribution in [-0.2, 0) is 9.53 Å². The fourth-order valence-corrected chi connectivity index (χ4v) is 2.10. The zero-order chi connectivity index (χ0) is 12.9. The van der Waals surface area contributed by atoms with Gasteiger partial charge in [-0.05, 0) is 26.8 Å². The Hall–Kier alpha value is -0.650. The highest BCUT2D eigenvalue weighted by molar-refractivity contribution is 5.73. The molecule has 17 heavy (non-hydrogen) atoms. The maximum atomic E-state index is 11.4. The highest BCUT2D eigenvalue weighted by atomic mass is 16.5. The van der Waals surface area contributed by atoms with Crippen LogP contribution in [0.25, 0.3) is 0 Å². The van der Waals surface area contributed by atoms with E-state index in [0.717, 1.165) is 32.6 Å².